The number of carboxylic acids is 1. The number of aliphatic carboxylic acids is 1. The molecule has 0 aromatic heterocycles. The Labute approximate surface area is 197 Å². The van der Waals surface area contributed by atoms with Gasteiger partial charge < -0.3 is 19.7 Å². The smallest absolute Gasteiger partial charge is 0.416 e. The van der Waals surface area contributed by atoms with Gasteiger partial charge in [0.15, 0.2) is 0 Å². The molecule has 0 saturated carbocycles. The number of carbonyl (C=O) groups is 2. The van der Waals surface area contributed by atoms with Crippen LogP contribution in [0.2, 0.25) is 0 Å². The van der Waals surface area contributed by atoms with Gasteiger partial charge in [0.1, 0.15) is 6.10 Å². The zero-order valence-corrected chi connectivity index (χ0v) is 19.0. The highest BCUT2D eigenvalue weighted by molar-refractivity contribution is 5.66. The van der Waals surface area contributed by atoms with Gasteiger partial charge in [0, 0.05) is 19.3 Å². The monoisotopic (exact) mass is 484 g/mol. The van der Waals surface area contributed by atoms with Gasteiger partial charge in [0.25, 0.3) is 0 Å². The second kappa shape index (κ2) is 13.3. The van der Waals surface area contributed by atoms with E-state index in [4.69, 9.17) is 14.6 Å². The van der Waals surface area contributed by atoms with Gasteiger partial charge in [-0.05, 0) is 43.7 Å². The first-order chi connectivity index (χ1) is 16.1. The third-order valence-corrected chi connectivity index (χ3v) is 5.51. The Morgan fingerprint density at radius 3 is 2.74 bits per heavy atom. The normalized spacial score (nSPS) is 21.9. The third kappa shape index (κ3) is 9.69. The van der Waals surface area contributed by atoms with E-state index in [-0.39, 0.29) is 31.8 Å². The van der Waals surface area contributed by atoms with E-state index in [2.05, 4.69) is 0 Å². The van der Waals surface area contributed by atoms with Gasteiger partial charge >= 0.3 is 18.1 Å². The summed E-state index contributed by atoms with van der Waals surface area (Å²) >= 11 is 0. The van der Waals surface area contributed by atoms with Gasteiger partial charge in [-0.15, -0.1) is 0 Å². The first-order valence-electron chi connectivity index (χ1n) is 11.2. The second-order valence-corrected chi connectivity index (χ2v) is 8.29. The molecule has 9 heteroatoms. The van der Waals surface area contributed by atoms with E-state index in [0.717, 1.165) is 12.1 Å². The molecule has 1 aromatic rings. The van der Waals surface area contributed by atoms with Gasteiger partial charge in [-0.1, -0.05) is 42.5 Å². The molecule has 188 valence electrons. The Morgan fingerprint density at radius 2 is 2.06 bits per heavy atom. The van der Waals surface area contributed by atoms with Crippen molar-refractivity contribution in [1.82, 2.24) is 0 Å². The lowest BCUT2D eigenvalue weighted by atomic mass is 9.93. The summed E-state index contributed by atoms with van der Waals surface area (Å²) in [5, 5.41) is 19.0. The fourth-order valence-electron chi connectivity index (χ4n) is 3.78. The Morgan fingerprint density at radius 1 is 1.29 bits per heavy atom. The zero-order valence-electron chi connectivity index (χ0n) is 19.0. The predicted molar refractivity (Wildman–Crippen MR) is 119 cm³/mol. The van der Waals surface area contributed by atoms with Crippen LogP contribution in [0.5, 0.6) is 0 Å². The Kier molecular flexibility index (Phi) is 10.8. The number of esters is 1. The first-order valence-corrected chi connectivity index (χ1v) is 11.2. The van der Waals surface area contributed by atoms with E-state index >= 15 is 0 Å². The number of carboxylic acid groups (broad SMARTS) is 1. The molecule has 1 aromatic carbocycles. The average Bonchev–Trinajstić information content (AvgIpc) is 3.13. The largest absolute Gasteiger partial charge is 0.481 e. The summed E-state index contributed by atoms with van der Waals surface area (Å²) < 4.78 is 49.7. The Hall–Kier alpha value is -2.65. The van der Waals surface area contributed by atoms with E-state index < -0.39 is 42.0 Å². The number of aryl methyl sites for hydroxylation is 1. The maximum atomic E-state index is 12.9. The van der Waals surface area contributed by atoms with E-state index in [0.29, 0.717) is 24.8 Å². The van der Waals surface area contributed by atoms with Crippen LogP contribution in [0.3, 0.4) is 0 Å². The van der Waals surface area contributed by atoms with Gasteiger partial charge in [-0.3, -0.25) is 9.59 Å². The molecule has 1 heterocycles. The fraction of sp³-hybridized carbons (Fsp3) is 0.520. The number of carbonyl (C=O) groups excluding carboxylic acids is 1. The van der Waals surface area contributed by atoms with Crippen molar-refractivity contribution >= 4 is 11.9 Å². The summed E-state index contributed by atoms with van der Waals surface area (Å²) in [4.78, 5) is 22.0. The van der Waals surface area contributed by atoms with Gasteiger partial charge in [-0.25, -0.2) is 0 Å². The molecular weight excluding hydrogens is 453 g/mol. The van der Waals surface area contributed by atoms with Crippen LogP contribution in [0.1, 0.15) is 50.2 Å². The Bertz CT molecular complexity index is 864. The quantitative estimate of drug-likeness (QED) is 0.254. The average molecular weight is 485 g/mol. The fourth-order valence-corrected chi connectivity index (χ4v) is 3.78. The van der Waals surface area contributed by atoms with Crippen molar-refractivity contribution in [3.8, 4) is 0 Å². The molecule has 0 bridgehead atoms. The molecule has 1 saturated heterocycles. The number of rotatable bonds is 12. The molecule has 1 aliphatic rings. The minimum Gasteiger partial charge on any atom is -0.481 e. The summed E-state index contributed by atoms with van der Waals surface area (Å²) in [6.07, 6.45) is 3.21. The number of aliphatic hydroxyl groups is 1. The van der Waals surface area contributed by atoms with Crippen molar-refractivity contribution in [2.24, 2.45) is 5.92 Å². The number of aliphatic hydroxyl groups excluding tert-OH is 1. The van der Waals surface area contributed by atoms with Crippen molar-refractivity contribution in [3.05, 3.63) is 59.7 Å². The first kappa shape index (κ1) is 27.6. The number of halogens is 3. The van der Waals surface area contributed by atoms with Crippen LogP contribution in [0.4, 0.5) is 13.2 Å². The van der Waals surface area contributed by atoms with Crippen LogP contribution in [0, 0.1) is 5.92 Å². The molecule has 0 spiro atoms. The molecule has 0 unspecified atom stereocenters. The third-order valence-electron chi connectivity index (χ3n) is 5.51. The summed E-state index contributed by atoms with van der Waals surface area (Å²) in [7, 11) is 0. The molecule has 1 fully saturated rings. The topological polar surface area (TPSA) is 93.1 Å². The summed E-state index contributed by atoms with van der Waals surface area (Å²) in [6, 6.07) is 5.03. The highest BCUT2D eigenvalue weighted by Crippen LogP contribution is 2.30. The molecule has 2 rings (SSSR count). The van der Waals surface area contributed by atoms with Gasteiger partial charge in [0.05, 0.1) is 24.4 Å². The second-order valence-electron chi connectivity index (χ2n) is 8.29. The van der Waals surface area contributed by atoms with Crippen LogP contribution in [-0.2, 0) is 31.7 Å². The highest BCUT2D eigenvalue weighted by atomic mass is 19.4. The molecule has 4 atom stereocenters. The van der Waals surface area contributed by atoms with Crippen LogP contribution in [-0.4, -0.2) is 47.1 Å². The summed E-state index contributed by atoms with van der Waals surface area (Å²) in [6.45, 7) is 1.53. The highest BCUT2D eigenvalue weighted by Gasteiger charge is 2.37. The van der Waals surface area contributed by atoms with E-state index in [1.165, 1.54) is 13.0 Å². The number of hydrogen-bond donors (Lipinski definition) is 2. The number of allylic oxidation sites excluding steroid dienone is 2. The van der Waals surface area contributed by atoms with Crippen molar-refractivity contribution in [2.75, 3.05) is 6.61 Å². The van der Waals surface area contributed by atoms with Crippen LogP contribution in [0.15, 0.2) is 48.6 Å². The maximum Gasteiger partial charge on any atom is 0.416 e. The lowest BCUT2D eigenvalue weighted by Gasteiger charge is -2.19. The molecule has 34 heavy (non-hydrogen) atoms. The number of unbranched alkanes of at least 4 members (excludes halogenated alkanes) is 1. The van der Waals surface area contributed by atoms with E-state index in [1.54, 1.807) is 18.2 Å². The number of alkyl halides is 3. The molecule has 0 amide bonds. The lowest BCUT2D eigenvalue weighted by Crippen LogP contribution is -2.27. The van der Waals surface area contributed by atoms with Crippen LogP contribution < -0.4 is 0 Å². The molecule has 6 nitrogen and oxygen atoms in total. The minimum absolute atomic E-state index is 0.0940. The van der Waals surface area contributed by atoms with E-state index in [9.17, 15) is 27.9 Å². The van der Waals surface area contributed by atoms with Crippen LogP contribution >= 0.6 is 0 Å². The van der Waals surface area contributed by atoms with Crippen LogP contribution in [0.25, 0.3) is 0 Å². The van der Waals surface area contributed by atoms with E-state index in [1.807, 2.05) is 12.2 Å². The van der Waals surface area contributed by atoms with Crippen molar-refractivity contribution < 1.29 is 42.4 Å². The zero-order chi connectivity index (χ0) is 25.1. The lowest BCUT2D eigenvalue weighted by molar-refractivity contribution is -0.148. The molecule has 0 radical (unpaired) electrons. The maximum absolute atomic E-state index is 12.9. The molecule has 2 N–H and O–H groups in total. The number of hydrogen-bond acceptors (Lipinski definition) is 5. The van der Waals surface area contributed by atoms with Crippen molar-refractivity contribution in [3.63, 3.8) is 0 Å². The standard InChI is InChI=1S/C25H31F3O6/c1-17(29)34-23-16-33-22(21(23)9-4-2-3-5-10-24(31)32)14-13-20(30)12-11-18-7-6-8-19(15-18)25(26,27)28/h2,4,6-8,13-15,20-23,30H,3,5,9-12,16H2,1H3,(H,31,32)/b4-2-,14-13+/t20-,21-,22-,23+/m1/s1. The molecular formula is C25H31F3O6. The van der Waals surface area contributed by atoms with Gasteiger partial charge in [0.2, 0.25) is 0 Å². The summed E-state index contributed by atoms with van der Waals surface area (Å²) in [5.41, 5.74) is -0.231. The van der Waals surface area contributed by atoms with Crippen molar-refractivity contribution in [1.29, 1.82) is 0 Å². The molecule has 1 aliphatic heterocycles. The van der Waals surface area contributed by atoms with Crippen molar-refractivity contribution in [2.45, 2.75) is 69.9 Å². The minimum atomic E-state index is -4.41. The van der Waals surface area contributed by atoms with Gasteiger partial charge in [-0.2, -0.15) is 13.2 Å². The Balaban J connectivity index is 1.92. The predicted octanol–water partition coefficient (Wildman–Crippen LogP) is 4.70. The number of ether oxygens (including phenoxy) is 2. The molecule has 0 aliphatic carbocycles. The SMILES string of the molecule is CC(=O)O[C@H]1CO[C@H](/C=C/[C@H](O)CCc2cccc(C(F)(F)F)c2)[C@H]1C/C=C\CCCC(=O)O. The summed E-state index contributed by atoms with van der Waals surface area (Å²) in [5.74, 6) is -1.44. The number of benzene rings is 1.